The summed E-state index contributed by atoms with van der Waals surface area (Å²) >= 11 is 0. The molecule has 0 unspecified atom stereocenters. The Morgan fingerprint density at radius 2 is 1.92 bits per heavy atom. The normalized spacial score (nSPS) is 20.5. The van der Waals surface area contributed by atoms with Crippen molar-refractivity contribution in [3.63, 3.8) is 0 Å². The number of benzene rings is 1. The van der Waals surface area contributed by atoms with E-state index in [0.717, 1.165) is 12.1 Å². The fourth-order valence-corrected chi connectivity index (χ4v) is 2.88. The average Bonchev–Trinajstić information content (AvgIpc) is 2.91. The smallest absolute Gasteiger partial charge is 0.410 e. The van der Waals surface area contributed by atoms with Gasteiger partial charge in [-0.2, -0.15) is 0 Å². The van der Waals surface area contributed by atoms with Gasteiger partial charge in [0.15, 0.2) is 0 Å². The molecule has 0 aromatic heterocycles. The van der Waals surface area contributed by atoms with Gasteiger partial charge in [0.05, 0.1) is 12.5 Å². The predicted octanol–water partition coefficient (Wildman–Crippen LogP) is 3.48. The SMILES string of the molecule is CCOC(=O)[C@H]1CN(C(=O)OC(C)(C)C)C[C@@H]1c1ccc(F)cc1F. The van der Waals surface area contributed by atoms with Gasteiger partial charge in [-0.3, -0.25) is 4.79 Å². The van der Waals surface area contributed by atoms with Gasteiger partial charge in [0.1, 0.15) is 17.2 Å². The summed E-state index contributed by atoms with van der Waals surface area (Å²) in [7, 11) is 0. The third-order valence-electron chi connectivity index (χ3n) is 3.92. The van der Waals surface area contributed by atoms with Crippen LogP contribution in [0.4, 0.5) is 13.6 Å². The summed E-state index contributed by atoms with van der Waals surface area (Å²) in [6, 6.07) is 3.21. The van der Waals surface area contributed by atoms with Crippen LogP contribution in [0.3, 0.4) is 0 Å². The van der Waals surface area contributed by atoms with Crippen molar-refractivity contribution in [1.82, 2.24) is 4.90 Å². The molecule has 1 fully saturated rings. The molecule has 1 aliphatic heterocycles. The lowest BCUT2D eigenvalue weighted by molar-refractivity contribution is -0.147. The minimum absolute atomic E-state index is 0.0647. The Bertz CT molecular complexity index is 657. The lowest BCUT2D eigenvalue weighted by Crippen LogP contribution is -2.36. The molecule has 5 nitrogen and oxygen atoms in total. The van der Waals surface area contributed by atoms with Crippen molar-refractivity contribution in [1.29, 1.82) is 0 Å². The molecule has 1 saturated heterocycles. The summed E-state index contributed by atoms with van der Waals surface area (Å²) in [6.45, 7) is 7.23. The maximum atomic E-state index is 14.2. The quantitative estimate of drug-likeness (QED) is 0.779. The molecule has 0 aliphatic carbocycles. The number of hydrogen-bond donors (Lipinski definition) is 0. The van der Waals surface area contributed by atoms with Gasteiger partial charge in [-0.25, -0.2) is 13.6 Å². The highest BCUT2D eigenvalue weighted by molar-refractivity contribution is 5.77. The first-order valence-corrected chi connectivity index (χ1v) is 8.22. The molecular formula is C18H23F2NO4. The lowest BCUT2D eigenvalue weighted by atomic mass is 9.88. The van der Waals surface area contributed by atoms with Gasteiger partial charge in [0.25, 0.3) is 0 Å². The first-order chi connectivity index (χ1) is 11.6. The van der Waals surface area contributed by atoms with Crippen molar-refractivity contribution >= 4 is 12.1 Å². The number of carbonyl (C=O) groups excluding carboxylic acids is 2. The van der Waals surface area contributed by atoms with Gasteiger partial charge in [-0.15, -0.1) is 0 Å². The van der Waals surface area contributed by atoms with Crippen LogP contribution in [0, 0.1) is 17.6 Å². The van der Waals surface area contributed by atoms with E-state index in [1.165, 1.54) is 11.0 Å². The Balaban J connectivity index is 2.28. The van der Waals surface area contributed by atoms with Crippen LogP contribution in [0.5, 0.6) is 0 Å². The maximum absolute atomic E-state index is 14.2. The lowest BCUT2D eigenvalue weighted by Gasteiger charge is -2.24. The van der Waals surface area contributed by atoms with E-state index in [0.29, 0.717) is 0 Å². The summed E-state index contributed by atoms with van der Waals surface area (Å²) in [6.07, 6.45) is -0.577. The molecule has 2 rings (SSSR count). The average molecular weight is 355 g/mol. The highest BCUT2D eigenvalue weighted by Crippen LogP contribution is 2.35. The Labute approximate surface area is 145 Å². The Morgan fingerprint density at radius 3 is 2.48 bits per heavy atom. The van der Waals surface area contributed by atoms with E-state index in [-0.39, 0.29) is 25.3 Å². The van der Waals surface area contributed by atoms with Gasteiger partial charge in [-0.05, 0) is 39.3 Å². The van der Waals surface area contributed by atoms with Gasteiger partial charge < -0.3 is 14.4 Å². The van der Waals surface area contributed by atoms with E-state index in [9.17, 15) is 18.4 Å². The topological polar surface area (TPSA) is 55.8 Å². The summed E-state index contributed by atoms with van der Waals surface area (Å²) < 4.78 is 37.8. The van der Waals surface area contributed by atoms with E-state index in [1.54, 1.807) is 27.7 Å². The zero-order chi connectivity index (χ0) is 18.8. The maximum Gasteiger partial charge on any atom is 0.410 e. The number of likely N-dealkylation sites (tertiary alicyclic amines) is 1. The van der Waals surface area contributed by atoms with Crippen LogP contribution in [-0.4, -0.2) is 42.3 Å². The molecule has 0 spiro atoms. The van der Waals surface area contributed by atoms with Crippen LogP contribution in [-0.2, 0) is 14.3 Å². The second kappa shape index (κ2) is 7.37. The van der Waals surface area contributed by atoms with Gasteiger partial charge in [0, 0.05) is 25.1 Å². The van der Waals surface area contributed by atoms with Crippen molar-refractivity contribution in [2.75, 3.05) is 19.7 Å². The van der Waals surface area contributed by atoms with Crippen molar-refractivity contribution in [2.45, 2.75) is 39.2 Å². The highest BCUT2D eigenvalue weighted by Gasteiger charge is 2.43. The number of amides is 1. The number of nitrogens with zero attached hydrogens (tertiary/aromatic N) is 1. The largest absolute Gasteiger partial charge is 0.466 e. The van der Waals surface area contributed by atoms with E-state index in [4.69, 9.17) is 9.47 Å². The van der Waals surface area contributed by atoms with E-state index < -0.39 is 41.1 Å². The zero-order valence-corrected chi connectivity index (χ0v) is 14.8. The molecule has 1 aromatic carbocycles. The molecule has 1 amide bonds. The Hall–Kier alpha value is -2.18. The molecule has 1 aromatic rings. The van der Waals surface area contributed by atoms with Crippen LogP contribution >= 0.6 is 0 Å². The first kappa shape index (κ1) is 19.1. The molecule has 1 aliphatic rings. The molecule has 1 heterocycles. The predicted molar refractivity (Wildman–Crippen MR) is 87.0 cm³/mol. The Morgan fingerprint density at radius 1 is 1.24 bits per heavy atom. The van der Waals surface area contributed by atoms with Gasteiger partial charge in [-0.1, -0.05) is 6.07 Å². The van der Waals surface area contributed by atoms with E-state index >= 15 is 0 Å². The fourth-order valence-electron chi connectivity index (χ4n) is 2.88. The molecule has 2 atom stereocenters. The monoisotopic (exact) mass is 355 g/mol. The summed E-state index contributed by atoms with van der Waals surface area (Å²) in [5.74, 6) is -3.30. The van der Waals surface area contributed by atoms with Crippen molar-refractivity contribution < 1.29 is 27.8 Å². The minimum atomic E-state index is -0.745. The number of rotatable bonds is 3. The van der Waals surface area contributed by atoms with Crippen LogP contribution in [0.25, 0.3) is 0 Å². The first-order valence-electron chi connectivity index (χ1n) is 8.22. The molecule has 7 heteroatoms. The summed E-state index contributed by atoms with van der Waals surface area (Å²) in [5, 5.41) is 0. The second-order valence-electron chi connectivity index (χ2n) is 7.02. The second-order valence-corrected chi connectivity index (χ2v) is 7.02. The van der Waals surface area contributed by atoms with Crippen LogP contribution in [0.1, 0.15) is 39.2 Å². The minimum Gasteiger partial charge on any atom is -0.466 e. The van der Waals surface area contributed by atoms with Gasteiger partial charge >= 0.3 is 12.1 Å². The number of esters is 1. The van der Waals surface area contributed by atoms with Crippen molar-refractivity contribution in [2.24, 2.45) is 5.92 Å². The highest BCUT2D eigenvalue weighted by atomic mass is 19.1. The van der Waals surface area contributed by atoms with E-state index in [2.05, 4.69) is 0 Å². The van der Waals surface area contributed by atoms with Crippen LogP contribution in [0.2, 0.25) is 0 Å². The van der Waals surface area contributed by atoms with Crippen LogP contribution < -0.4 is 0 Å². The van der Waals surface area contributed by atoms with Crippen molar-refractivity contribution in [3.8, 4) is 0 Å². The molecule has 25 heavy (non-hydrogen) atoms. The molecule has 0 radical (unpaired) electrons. The third-order valence-corrected chi connectivity index (χ3v) is 3.92. The van der Waals surface area contributed by atoms with E-state index in [1.807, 2.05) is 0 Å². The van der Waals surface area contributed by atoms with Gasteiger partial charge in [0.2, 0.25) is 0 Å². The fraction of sp³-hybridized carbons (Fsp3) is 0.556. The van der Waals surface area contributed by atoms with Crippen molar-refractivity contribution in [3.05, 3.63) is 35.4 Å². The Kier molecular flexibility index (Phi) is 5.65. The number of hydrogen-bond acceptors (Lipinski definition) is 4. The molecule has 0 saturated carbocycles. The molecule has 0 bridgehead atoms. The summed E-state index contributed by atoms with van der Waals surface area (Å²) in [5.41, 5.74) is -0.499. The number of halogens is 2. The number of carbonyl (C=O) groups is 2. The van der Waals surface area contributed by atoms with Crippen LogP contribution in [0.15, 0.2) is 18.2 Å². The third kappa shape index (κ3) is 4.67. The standard InChI is InChI=1S/C18H23F2NO4/c1-5-24-16(22)14-10-21(17(23)25-18(2,3)4)9-13(14)12-7-6-11(19)8-15(12)20/h6-8,13-14H,5,9-10H2,1-4H3/t13-,14+/m1/s1. The molecule has 138 valence electrons. The summed E-state index contributed by atoms with van der Waals surface area (Å²) in [4.78, 5) is 25.9. The zero-order valence-electron chi connectivity index (χ0n) is 14.8. The number of ether oxygens (including phenoxy) is 2. The molecular weight excluding hydrogens is 332 g/mol. The molecule has 0 N–H and O–H groups in total.